The second kappa shape index (κ2) is 14.6. The third kappa shape index (κ3) is 7.39. The van der Waals surface area contributed by atoms with Crippen LogP contribution in [0.2, 0.25) is 0 Å². The number of carbonyl (C=O) groups excluding carboxylic acids is 1. The minimum atomic E-state index is -0.739. The zero-order valence-electron chi connectivity index (χ0n) is 26.7. The number of esters is 1. The molecule has 0 unspecified atom stereocenters. The molecule has 0 aliphatic carbocycles. The van der Waals surface area contributed by atoms with E-state index in [4.69, 9.17) is 9.84 Å². The smallest absolute Gasteiger partial charge is 0.305 e. The molecule has 6 nitrogen and oxygen atoms in total. The average molecular weight is 644 g/mol. The van der Waals surface area contributed by atoms with Gasteiger partial charge < -0.3 is 14.7 Å². The normalized spacial score (nSPS) is 15.2. The summed E-state index contributed by atoms with van der Waals surface area (Å²) in [5, 5.41) is 12.4. The van der Waals surface area contributed by atoms with Gasteiger partial charge >= 0.3 is 11.9 Å². The van der Waals surface area contributed by atoms with E-state index in [0.29, 0.717) is 19.3 Å². The van der Waals surface area contributed by atoms with Crippen LogP contribution in [0.1, 0.15) is 76.3 Å². The largest absolute Gasteiger partial charge is 0.481 e. The van der Waals surface area contributed by atoms with E-state index in [9.17, 15) is 9.59 Å². The third-order valence-corrected chi connectivity index (χ3v) is 10.7. The second-order valence-corrected chi connectivity index (χ2v) is 14.0. The van der Waals surface area contributed by atoms with Gasteiger partial charge in [0.05, 0.1) is 7.11 Å². The fourth-order valence-electron chi connectivity index (χ4n) is 6.24. The van der Waals surface area contributed by atoms with Gasteiger partial charge in [-0.05, 0) is 85.0 Å². The van der Waals surface area contributed by atoms with Gasteiger partial charge in [0.1, 0.15) is 11.2 Å². The van der Waals surface area contributed by atoms with Crippen LogP contribution in [0, 0.1) is 0 Å². The van der Waals surface area contributed by atoms with Crippen molar-refractivity contribution in [1.82, 2.24) is 0 Å². The van der Waals surface area contributed by atoms with E-state index in [2.05, 4.69) is 102 Å². The van der Waals surface area contributed by atoms with Gasteiger partial charge in [-0.25, -0.2) is 0 Å². The van der Waals surface area contributed by atoms with E-state index in [-0.39, 0.29) is 17.8 Å². The summed E-state index contributed by atoms with van der Waals surface area (Å²) in [4.78, 5) is 26.9. The molecule has 45 heavy (non-hydrogen) atoms. The maximum Gasteiger partial charge on any atom is 0.305 e. The molecular formula is C37H43N2O4S2+. The summed E-state index contributed by atoms with van der Waals surface area (Å²) in [6.07, 6.45) is 9.12. The molecule has 0 radical (unpaired) electrons. The van der Waals surface area contributed by atoms with E-state index in [1.807, 2.05) is 0 Å². The summed E-state index contributed by atoms with van der Waals surface area (Å²) in [6.45, 7) is 8.47. The summed E-state index contributed by atoms with van der Waals surface area (Å²) in [7, 11) is 1.44. The Morgan fingerprint density at radius 2 is 1.82 bits per heavy atom. The molecular weight excluding hydrogens is 601 g/mol. The molecule has 1 aliphatic rings. The number of fused-ring (bicyclic) bond motifs is 2. The number of thiophene rings is 1. The quantitative estimate of drug-likeness (QED) is 0.0844. The molecule has 4 aromatic rings. The van der Waals surface area contributed by atoms with Gasteiger partial charge in [0, 0.05) is 53.2 Å². The highest BCUT2D eigenvalue weighted by atomic mass is 32.1. The maximum atomic E-state index is 12.1. The lowest BCUT2D eigenvalue weighted by molar-refractivity contribution is -0.665. The van der Waals surface area contributed by atoms with Gasteiger partial charge in [-0.3, -0.25) is 9.59 Å². The van der Waals surface area contributed by atoms with Crippen LogP contribution in [0.25, 0.3) is 26.7 Å². The fraction of sp³-hybridized carbons (Fsp3) is 0.378. The van der Waals surface area contributed by atoms with Crippen molar-refractivity contribution in [2.24, 2.45) is 0 Å². The number of aryl methyl sites for hydroxylation is 1. The van der Waals surface area contributed by atoms with Gasteiger partial charge in [-0.2, -0.15) is 4.57 Å². The van der Waals surface area contributed by atoms with Crippen molar-refractivity contribution in [2.45, 2.75) is 77.7 Å². The Labute approximate surface area is 274 Å². The predicted octanol–water partition coefficient (Wildman–Crippen LogP) is 8.99. The fourth-order valence-corrected chi connectivity index (χ4v) is 8.17. The number of unbranched alkanes of at least 4 members (excludes halogenated alkanes) is 2. The number of aliphatic carboxylic acids is 1. The number of para-hydroxylation sites is 1. The number of carboxylic acids is 1. The summed E-state index contributed by atoms with van der Waals surface area (Å²) in [5.74, 6) is -0.929. The Bertz CT molecular complexity index is 1720. The molecule has 0 amide bonds. The minimum Gasteiger partial charge on any atom is -0.481 e. The molecule has 3 heterocycles. The Hall–Kier alpha value is -3.75. The predicted molar refractivity (Wildman–Crippen MR) is 186 cm³/mol. The van der Waals surface area contributed by atoms with E-state index in [1.165, 1.54) is 55.3 Å². The number of carbonyl (C=O) groups is 2. The number of allylic oxidation sites excluding steroid dienone is 3. The zero-order chi connectivity index (χ0) is 32.0. The molecule has 0 atom stereocenters. The topological polar surface area (TPSA) is 70.7 Å². The van der Waals surface area contributed by atoms with Gasteiger partial charge in [-0.15, -0.1) is 11.3 Å². The Balaban J connectivity index is 1.57. The molecule has 5 rings (SSSR count). The summed E-state index contributed by atoms with van der Waals surface area (Å²) in [5.41, 5.74) is 7.11. The Morgan fingerprint density at radius 1 is 1.00 bits per heavy atom. The highest BCUT2D eigenvalue weighted by Gasteiger charge is 2.40. The highest BCUT2D eigenvalue weighted by Crippen LogP contribution is 2.50. The molecule has 0 bridgehead atoms. The lowest BCUT2D eigenvalue weighted by Gasteiger charge is -2.28. The molecule has 0 saturated heterocycles. The number of benzene rings is 2. The van der Waals surface area contributed by atoms with E-state index in [1.54, 1.807) is 22.7 Å². The summed E-state index contributed by atoms with van der Waals surface area (Å²) < 4.78 is 8.57. The molecule has 0 fully saturated rings. The van der Waals surface area contributed by atoms with Crippen LogP contribution in [0.5, 0.6) is 0 Å². The second-order valence-electron chi connectivity index (χ2n) is 12.0. The van der Waals surface area contributed by atoms with Crippen molar-refractivity contribution in [3.8, 4) is 10.4 Å². The summed E-state index contributed by atoms with van der Waals surface area (Å²) in [6, 6.07) is 19.6. The van der Waals surface area contributed by atoms with Crippen molar-refractivity contribution < 1.29 is 24.0 Å². The molecule has 2 aromatic carbocycles. The van der Waals surface area contributed by atoms with E-state index in [0.717, 1.165) is 32.4 Å². The molecule has 236 valence electrons. The first-order chi connectivity index (χ1) is 21.7. The molecule has 1 N–H and O–H groups in total. The van der Waals surface area contributed by atoms with Crippen LogP contribution in [0.15, 0.2) is 77.3 Å². The number of hydrogen-bond donors (Lipinski definition) is 1. The number of thiazole rings is 1. The van der Waals surface area contributed by atoms with Crippen LogP contribution in [0.4, 0.5) is 5.69 Å². The zero-order valence-corrected chi connectivity index (χ0v) is 28.3. The highest BCUT2D eigenvalue weighted by molar-refractivity contribution is 7.18. The van der Waals surface area contributed by atoms with Crippen molar-refractivity contribution in [1.29, 1.82) is 0 Å². The Kier molecular flexibility index (Phi) is 10.6. The van der Waals surface area contributed by atoms with Gasteiger partial charge in [0.2, 0.25) is 5.52 Å². The number of methoxy groups -OCH3 is 1. The minimum absolute atomic E-state index is 0.190. The summed E-state index contributed by atoms with van der Waals surface area (Å²) >= 11 is 3.55. The maximum absolute atomic E-state index is 12.1. The Morgan fingerprint density at radius 3 is 2.56 bits per heavy atom. The molecule has 2 aromatic heterocycles. The third-order valence-electron chi connectivity index (χ3n) is 8.63. The number of anilines is 1. The SMILES string of the molecule is CC[n+]1c(C=C(C=C2N(CCCCCC(=O)O)c3ccc(-c4cccs4)cc3C2(C)C)CCCC(=O)OC)sc2ccccc21. The number of carboxylic acid groups (broad SMARTS) is 1. The first-order valence-electron chi connectivity index (χ1n) is 15.8. The number of nitrogens with zero attached hydrogens (tertiary/aromatic N) is 2. The number of rotatable bonds is 14. The first-order valence-corrected chi connectivity index (χ1v) is 17.5. The van der Waals surface area contributed by atoms with E-state index < -0.39 is 5.97 Å². The first kappa shape index (κ1) is 32.6. The van der Waals surface area contributed by atoms with Crippen LogP contribution >= 0.6 is 22.7 Å². The number of aromatic nitrogens is 1. The monoisotopic (exact) mass is 643 g/mol. The van der Waals surface area contributed by atoms with Gasteiger partial charge in [0.15, 0.2) is 0 Å². The molecule has 0 saturated carbocycles. The van der Waals surface area contributed by atoms with Gasteiger partial charge in [0.25, 0.3) is 5.01 Å². The van der Waals surface area contributed by atoms with Crippen molar-refractivity contribution in [3.05, 3.63) is 87.9 Å². The van der Waals surface area contributed by atoms with Crippen LogP contribution in [-0.4, -0.2) is 30.7 Å². The lowest BCUT2D eigenvalue weighted by atomic mass is 9.82. The lowest BCUT2D eigenvalue weighted by Crippen LogP contribution is -2.33. The number of hydrogen-bond acceptors (Lipinski definition) is 6. The van der Waals surface area contributed by atoms with Crippen molar-refractivity contribution in [3.63, 3.8) is 0 Å². The standard InChI is InChI=1S/C37H42N2O4S2/c1-5-38-30-14-8-9-15-32(30)45-34(38)24-26(13-11-18-36(42)43-4)23-33-37(2,3)28-25-27(31-16-12-22-44-31)19-20-29(28)39(33)21-10-6-7-17-35(40)41/h8-9,12,14-16,19-20,22-25H,5-7,10-11,13,17-18,21H2,1-4H3/p+1. The van der Waals surface area contributed by atoms with Crippen LogP contribution < -0.4 is 9.47 Å². The molecule has 0 spiro atoms. The van der Waals surface area contributed by atoms with Crippen LogP contribution in [-0.2, 0) is 26.3 Å². The average Bonchev–Trinajstić information content (AvgIpc) is 3.73. The van der Waals surface area contributed by atoms with E-state index >= 15 is 0 Å². The van der Waals surface area contributed by atoms with Crippen molar-refractivity contribution >= 4 is 56.6 Å². The number of ether oxygens (including phenoxy) is 1. The molecule has 8 heteroatoms. The molecule has 1 aliphatic heterocycles. The van der Waals surface area contributed by atoms with Gasteiger partial charge in [-0.1, -0.05) is 55.9 Å². The van der Waals surface area contributed by atoms with Crippen LogP contribution in [0.3, 0.4) is 0 Å². The van der Waals surface area contributed by atoms with Crippen molar-refractivity contribution in [2.75, 3.05) is 18.6 Å².